The number of ketones is 1. The van der Waals surface area contributed by atoms with E-state index in [1.165, 1.54) is 0 Å². The van der Waals surface area contributed by atoms with Crippen molar-refractivity contribution in [2.75, 3.05) is 27.4 Å². The summed E-state index contributed by atoms with van der Waals surface area (Å²) in [5.74, 6) is 1.34. The van der Waals surface area contributed by atoms with Crippen molar-refractivity contribution in [3.05, 3.63) is 46.8 Å². The number of methoxy groups -OCH3 is 2. The van der Waals surface area contributed by atoms with Gasteiger partial charge in [0.2, 0.25) is 0 Å². The molecule has 132 valence electrons. The van der Waals surface area contributed by atoms with Crippen LogP contribution in [0.25, 0.3) is 6.08 Å². The van der Waals surface area contributed by atoms with Crippen LogP contribution in [0.1, 0.15) is 28.0 Å². The Kier molecular flexibility index (Phi) is 5.19. The number of nitrogens with zero attached hydrogens (tertiary/aromatic N) is 2. The van der Waals surface area contributed by atoms with Crippen molar-refractivity contribution >= 4 is 11.9 Å². The van der Waals surface area contributed by atoms with Gasteiger partial charge in [0.1, 0.15) is 6.61 Å². The maximum Gasteiger partial charge on any atom is 0.192 e. The van der Waals surface area contributed by atoms with E-state index in [2.05, 4.69) is 5.10 Å². The van der Waals surface area contributed by atoms with E-state index in [1.54, 1.807) is 25.1 Å². The molecule has 0 unspecified atom stereocenters. The normalized spacial score (nSPS) is 15.3. The van der Waals surface area contributed by atoms with E-state index in [0.29, 0.717) is 36.7 Å². The third kappa shape index (κ3) is 3.58. The molecule has 1 heterocycles. The number of carbonyl (C=O) groups is 1. The van der Waals surface area contributed by atoms with Crippen molar-refractivity contribution in [3.63, 3.8) is 0 Å². The highest BCUT2D eigenvalue weighted by molar-refractivity contribution is 6.12. The van der Waals surface area contributed by atoms with Crippen molar-refractivity contribution < 1.29 is 19.0 Å². The predicted molar refractivity (Wildman–Crippen MR) is 94.2 cm³/mol. The van der Waals surface area contributed by atoms with Gasteiger partial charge in [0.25, 0.3) is 0 Å². The highest BCUT2D eigenvalue weighted by Gasteiger charge is 2.25. The third-order valence-electron chi connectivity index (χ3n) is 4.30. The van der Waals surface area contributed by atoms with Crippen LogP contribution >= 0.6 is 0 Å². The monoisotopic (exact) mass is 342 g/mol. The minimum absolute atomic E-state index is 0.0498. The summed E-state index contributed by atoms with van der Waals surface area (Å²) in [7, 11) is 5.10. The van der Waals surface area contributed by atoms with E-state index in [-0.39, 0.29) is 5.78 Å². The number of rotatable bonds is 6. The van der Waals surface area contributed by atoms with Gasteiger partial charge in [0, 0.05) is 25.4 Å². The lowest BCUT2D eigenvalue weighted by Gasteiger charge is -2.15. The second kappa shape index (κ2) is 7.53. The van der Waals surface area contributed by atoms with E-state index >= 15 is 0 Å². The number of Topliss-reactive ketones (excluding diaryl/α,β-unsaturated/α-hetero) is 1. The zero-order valence-corrected chi connectivity index (χ0v) is 14.7. The number of allylic oxidation sites excluding steroid dienone is 1. The van der Waals surface area contributed by atoms with Gasteiger partial charge in [-0.2, -0.15) is 5.10 Å². The van der Waals surface area contributed by atoms with Crippen molar-refractivity contribution in [1.82, 2.24) is 9.78 Å². The van der Waals surface area contributed by atoms with Crippen LogP contribution in [0.4, 0.5) is 0 Å². The average Bonchev–Trinajstić information content (AvgIpc) is 3.00. The van der Waals surface area contributed by atoms with Gasteiger partial charge >= 0.3 is 0 Å². The Morgan fingerprint density at radius 3 is 2.80 bits per heavy atom. The Morgan fingerprint density at radius 2 is 2.04 bits per heavy atom. The molecular formula is C19H22N2O4. The molecule has 1 aliphatic rings. The van der Waals surface area contributed by atoms with Gasteiger partial charge < -0.3 is 14.2 Å². The smallest absolute Gasteiger partial charge is 0.192 e. The molecule has 1 aromatic heterocycles. The molecule has 0 aliphatic heterocycles. The van der Waals surface area contributed by atoms with E-state index in [0.717, 1.165) is 23.3 Å². The van der Waals surface area contributed by atoms with Gasteiger partial charge in [-0.3, -0.25) is 9.48 Å². The van der Waals surface area contributed by atoms with Crippen LogP contribution in [-0.4, -0.2) is 43.0 Å². The molecular weight excluding hydrogens is 320 g/mol. The molecule has 2 aromatic rings. The van der Waals surface area contributed by atoms with Crippen LogP contribution in [0.5, 0.6) is 11.5 Å². The highest BCUT2D eigenvalue weighted by Crippen LogP contribution is 2.31. The molecule has 1 aromatic carbocycles. The molecule has 0 fully saturated rings. The van der Waals surface area contributed by atoms with E-state index < -0.39 is 0 Å². The van der Waals surface area contributed by atoms with Gasteiger partial charge in [-0.25, -0.2) is 0 Å². The van der Waals surface area contributed by atoms with Gasteiger partial charge in [-0.05, 0) is 36.6 Å². The van der Waals surface area contributed by atoms with Crippen LogP contribution in [0.15, 0.2) is 30.0 Å². The van der Waals surface area contributed by atoms with Gasteiger partial charge in [-0.15, -0.1) is 0 Å². The maximum atomic E-state index is 12.6. The SMILES string of the molecule is COCCOc1ccc(/C=C2\CCc3c(cnn3C)C2=O)cc1OC. The zero-order valence-electron chi connectivity index (χ0n) is 14.7. The molecule has 1 aliphatic carbocycles. The number of hydrogen-bond donors (Lipinski definition) is 0. The second-order valence-corrected chi connectivity index (χ2v) is 5.88. The lowest BCUT2D eigenvalue weighted by atomic mass is 9.90. The summed E-state index contributed by atoms with van der Waals surface area (Å²) in [6, 6.07) is 5.65. The quantitative estimate of drug-likeness (QED) is 0.597. The third-order valence-corrected chi connectivity index (χ3v) is 4.30. The Hall–Kier alpha value is -2.60. The van der Waals surface area contributed by atoms with E-state index in [4.69, 9.17) is 14.2 Å². The van der Waals surface area contributed by atoms with Crippen LogP contribution < -0.4 is 9.47 Å². The largest absolute Gasteiger partial charge is 0.493 e. The first-order valence-corrected chi connectivity index (χ1v) is 8.20. The van der Waals surface area contributed by atoms with Crippen LogP contribution in [0, 0.1) is 0 Å². The van der Waals surface area contributed by atoms with E-state index in [9.17, 15) is 4.79 Å². The molecule has 3 rings (SSSR count). The molecule has 0 saturated heterocycles. The average molecular weight is 342 g/mol. The fourth-order valence-electron chi connectivity index (χ4n) is 2.96. The molecule has 6 heteroatoms. The molecule has 0 atom stereocenters. The number of fused-ring (bicyclic) bond motifs is 1. The summed E-state index contributed by atoms with van der Waals surface area (Å²) in [4.78, 5) is 12.6. The Morgan fingerprint density at radius 1 is 1.20 bits per heavy atom. The molecule has 0 saturated carbocycles. The number of carbonyl (C=O) groups excluding carboxylic acids is 1. The maximum absolute atomic E-state index is 12.6. The minimum Gasteiger partial charge on any atom is -0.493 e. The van der Waals surface area contributed by atoms with Crippen molar-refractivity contribution in [3.8, 4) is 11.5 Å². The molecule has 0 spiro atoms. The van der Waals surface area contributed by atoms with Gasteiger partial charge in [-0.1, -0.05) is 6.07 Å². The molecule has 0 radical (unpaired) electrons. The topological polar surface area (TPSA) is 62.6 Å². The number of ether oxygens (including phenoxy) is 3. The molecule has 0 N–H and O–H groups in total. The van der Waals surface area contributed by atoms with Gasteiger partial charge in [0.15, 0.2) is 17.3 Å². The lowest BCUT2D eigenvalue weighted by Crippen LogP contribution is -2.15. The van der Waals surface area contributed by atoms with Crippen LogP contribution in [0.3, 0.4) is 0 Å². The Balaban J connectivity index is 1.82. The fraction of sp³-hybridized carbons (Fsp3) is 0.368. The summed E-state index contributed by atoms with van der Waals surface area (Å²) in [5.41, 5.74) is 3.40. The first-order chi connectivity index (χ1) is 12.1. The summed E-state index contributed by atoms with van der Waals surface area (Å²) < 4.78 is 17.8. The van der Waals surface area contributed by atoms with Crippen molar-refractivity contribution in [1.29, 1.82) is 0 Å². The standard InChI is InChI=1S/C19H22N2O4/c1-21-16-6-5-14(19(22)15(16)12-20-21)10-13-4-7-17(18(11-13)24-3)25-9-8-23-2/h4,7,10-12H,5-6,8-9H2,1-3H3/b14-10+. The number of aryl methyl sites for hydroxylation is 1. The minimum atomic E-state index is 0.0498. The molecule has 0 amide bonds. The predicted octanol–water partition coefficient (Wildman–Crippen LogP) is 2.67. The Bertz CT molecular complexity index is 808. The van der Waals surface area contributed by atoms with Crippen molar-refractivity contribution in [2.24, 2.45) is 7.05 Å². The molecule has 6 nitrogen and oxygen atoms in total. The number of aromatic nitrogens is 2. The van der Waals surface area contributed by atoms with Gasteiger partial charge in [0.05, 0.1) is 25.5 Å². The van der Waals surface area contributed by atoms with Crippen LogP contribution in [0.2, 0.25) is 0 Å². The highest BCUT2D eigenvalue weighted by atomic mass is 16.5. The Labute approximate surface area is 147 Å². The number of hydrogen-bond acceptors (Lipinski definition) is 5. The summed E-state index contributed by atoms with van der Waals surface area (Å²) in [6.45, 7) is 0.965. The van der Waals surface area contributed by atoms with Crippen molar-refractivity contribution in [2.45, 2.75) is 12.8 Å². The van der Waals surface area contributed by atoms with Crippen LogP contribution in [-0.2, 0) is 18.2 Å². The first-order valence-electron chi connectivity index (χ1n) is 8.20. The summed E-state index contributed by atoms with van der Waals surface area (Å²) in [6.07, 6.45) is 5.09. The lowest BCUT2D eigenvalue weighted by molar-refractivity contribution is 0.102. The number of benzene rings is 1. The fourth-order valence-corrected chi connectivity index (χ4v) is 2.96. The summed E-state index contributed by atoms with van der Waals surface area (Å²) in [5, 5.41) is 4.19. The zero-order chi connectivity index (χ0) is 17.8. The molecule has 0 bridgehead atoms. The summed E-state index contributed by atoms with van der Waals surface area (Å²) >= 11 is 0. The first kappa shape index (κ1) is 17.2. The molecule has 25 heavy (non-hydrogen) atoms. The van der Waals surface area contributed by atoms with E-state index in [1.807, 2.05) is 31.3 Å². The second-order valence-electron chi connectivity index (χ2n) is 5.88.